The van der Waals surface area contributed by atoms with E-state index < -0.39 is 0 Å². The predicted octanol–water partition coefficient (Wildman–Crippen LogP) is 2.88. The van der Waals surface area contributed by atoms with Crippen molar-refractivity contribution in [1.29, 1.82) is 0 Å². The molecule has 0 saturated carbocycles. The Kier molecular flexibility index (Phi) is 3.31. The van der Waals surface area contributed by atoms with Crippen molar-refractivity contribution in [3.63, 3.8) is 0 Å². The van der Waals surface area contributed by atoms with Crippen LogP contribution in [0.3, 0.4) is 0 Å². The van der Waals surface area contributed by atoms with Gasteiger partial charge in [0.1, 0.15) is 12.1 Å². The van der Waals surface area contributed by atoms with Gasteiger partial charge in [0, 0.05) is 6.20 Å². The summed E-state index contributed by atoms with van der Waals surface area (Å²) in [4.78, 5) is 7.84. The summed E-state index contributed by atoms with van der Waals surface area (Å²) in [7, 11) is 0. The first-order valence-corrected chi connectivity index (χ1v) is 5.07. The van der Waals surface area contributed by atoms with E-state index in [-0.39, 0.29) is 5.82 Å². The molecule has 1 aromatic carbocycles. The minimum atomic E-state index is -0.324. The van der Waals surface area contributed by atoms with Gasteiger partial charge in [-0.15, -0.1) is 0 Å². The number of halogens is 2. The molecule has 5 heteroatoms. The van der Waals surface area contributed by atoms with Crippen LogP contribution in [0, 0.1) is 5.82 Å². The smallest absolute Gasteiger partial charge is 0.125 e. The number of anilines is 1. The topological polar surface area (TPSA) is 37.8 Å². The molecule has 0 fully saturated rings. The number of nitrogens with one attached hydrogen (secondary N) is 1. The summed E-state index contributed by atoms with van der Waals surface area (Å²) in [6.07, 6.45) is 3.11. The molecule has 0 unspecified atom stereocenters. The second kappa shape index (κ2) is 4.90. The van der Waals surface area contributed by atoms with Crippen LogP contribution in [0.5, 0.6) is 0 Å². The van der Waals surface area contributed by atoms with E-state index in [1.165, 1.54) is 24.5 Å². The fourth-order valence-corrected chi connectivity index (χ4v) is 1.43. The van der Waals surface area contributed by atoms with E-state index in [9.17, 15) is 4.39 Å². The average molecular weight is 238 g/mol. The summed E-state index contributed by atoms with van der Waals surface area (Å²) in [6.45, 7) is 0.478. The summed E-state index contributed by atoms with van der Waals surface area (Å²) in [6, 6.07) is 5.96. The minimum Gasteiger partial charge on any atom is -0.378 e. The number of hydrogen-bond acceptors (Lipinski definition) is 3. The number of benzene rings is 1. The molecule has 16 heavy (non-hydrogen) atoms. The molecule has 0 saturated heterocycles. The lowest BCUT2D eigenvalue weighted by atomic mass is 10.3. The van der Waals surface area contributed by atoms with E-state index in [2.05, 4.69) is 15.3 Å². The molecular formula is C11H9ClFN3. The van der Waals surface area contributed by atoms with Gasteiger partial charge in [-0.1, -0.05) is 11.6 Å². The highest BCUT2D eigenvalue weighted by atomic mass is 35.5. The van der Waals surface area contributed by atoms with E-state index in [1.54, 1.807) is 12.3 Å². The maximum Gasteiger partial charge on any atom is 0.125 e. The van der Waals surface area contributed by atoms with Gasteiger partial charge in [0.25, 0.3) is 0 Å². The van der Waals surface area contributed by atoms with Crippen LogP contribution in [0.1, 0.15) is 5.69 Å². The summed E-state index contributed by atoms with van der Waals surface area (Å²) in [5, 5.41) is 3.49. The van der Waals surface area contributed by atoms with Crippen molar-refractivity contribution in [3.8, 4) is 0 Å². The van der Waals surface area contributed by atoms with Crippen LogP contribution in [0.15, 0.2) is 36.8 Å². The van der Waals surface area contributed by atoms with Gasteiger partial charge in [-0.2, -0.15) is 0 Å². The molecule has 1 N–H and O–H groups in total. The zero-order valence-electron chi connectivity index (χ0n) is 8.32. The lowest BCUT2D eigenvalue weighted by molar-refractivity contribution is 0.628. The van der Waals surface area contributed by atoms with Gasteiger partial charge >= 0.3 is 0 Å². The number of hydrogen-bond donors (Lipinski definition) is 1. The first-order valence-electron chi connectivity index (χ1n) is 4.69. The second-order valence-electron chi connectivity index (χ2n) is 3.18. The standard InChI is InChI=1S/C11H9ClFN3/c12-10-2-1-8(13)5-11(10)15-6-9-3-4-14-7-16-9/h1-5,7,15H,6H2. The third-order valence-electron chi connectivity index (χ3n) is 2.03. The molecule has 1 heterocycles. The van der Waals surface area contributed by atoms with Crippen molar-refractivity contribution in [2.24, 2.45) is 0 Å². The fraction of sp³-hybridized carbons (Fsp3) is 0.0909. The predicted molar refractivity (Wildman–Crippen MR) is 60.8 cm³/mol. The molecule has 0 atom stereocenters. The van der Waals surface area contributed by atoms with Gasteiger partial charge in [-0.25, -0.2) is 14.4 Å². The normalized spacial score (nSPS) is 10.1. The van der Waals surface area contributed by atoms with Crippen molar-refractivity contribution >= 4 is 17.3 Å². The molecule has 0 aliphatic heterocycles. The lowest BCUT2D eigenvalue weighted by Crippen LogP contribution is -2.02. The van der Waals surface area contributed by atoms with Crippen LogP contribution in [0.4, 0.5) is 10.1 Å². The number of nitrogens with zero attached hydrogens (tertiary/aromatic N) is 2. The van der Waals surface area contributed by atoms with Crippen LogP contribution >= 0.6 is 11.6 Å². The van der Waals surface area contributed by atoms with Crippen LogP contribution in [0.2, 0.25) is 5.02 Å². The number of aromatic nitrogens is 2. The Morgan fingerprint density at radius 3 is 2.94 bits per heavy atom. The van der Waals surface area contributed by atoms with Crippen molar-refractivity contribution in [1.82, 2.24) is 9.97 Å². The van der Waals surface area contributed by atoms with Crippen molar-refractivity contribution < 1.29 is 4.39 Å². The second-order valence-corrected chi connectivity index (χ2v) is 3.59. The Bertz CT molecular complexity index is 476. The van der Waals surface area contributed by atoms with Crippen LogP contribution in [-0.4, -0.2) is 9.97 Å². The average Bonchev–Trinajstić information content (AvgIpc) is 2.32. The molecule has 82 valence electrons. The van der Waals surface area contributed by atoms with E-state index in [0.717, 1.165) is 5.69 Å². The zero-order chi connectivity index (χ0) is 11.4. The van der Waals surface area contributed by atoms with Crippen LogP contribution in [-0.2, 0) is 6.54 Å². The molecule has 0 aliphatic rings. The Labute approximate surface area is 97.3 Å². The highest BCUT2D eigenvalue weighted by Crippen LogP contribution is 2.22. The monoisotopic (exact) mass is 237 g/mol. The molecule has 2 aromatic rings. The minimum absolute atomic E-state index is 0.324. The van der Waals surface area contributed by atoms with Gasteiger partial charge in [0.05, 0.1) is 22.9 Å². The summed E-state index contributed by atoms with van der Waals surface area (Å²) >= 11 is 5.90. The largest absolute Gasteiger partial charge is 0.378 e. The van der Waals surface area contributed by atoms with Crippen LogP contribution in [0.25, 0.3) is 0 Å². The highest BCUT2D eigenvalue weighted by molar-refractivity contribution is 6.33. The van der Waals surface area contributed by atoms with Gasteiger partial charge in [-0.3, -0.25) is 0 Å². The van der Waals surface area contributed by atoms with Crippen molar-refractivity contribution in [3.05, 3.63) is 53.3 Å². The maximum absolute atomic E-state index is 12.9. The quantitative estimate of drug-likeness (QED) is 0.892. The van der Waals surface area contributed by atoms with Gasteiger partial charge in [0.15, 0.2) is 0 Å². The van der Waals surface area contributed by atoms with Crippen LogP contribution < -0.4 is 5.32 Å². The Morgan fingerprint density at radius 2 is 2.19 bits per heavy atom. The summed E-state index contributed by atoms with van der Waals surface area (Å²) in [5.74, 6) is -0.324. The number of rotatable bonds is 3. The van der Waals surface area contributed by atoms with Crippen molar-refractivity contribution in [2.75, 3.05) is 5.32 Å². The molecule has 0 spiro atoms. The fourth-order valence-electron chi connectivity index (χ4n) is 1.24. The molecule has 0 radical (unpaired) electrons. The van der Waals surface area contributed by atoms with Gasteiger partial charge < -0.3 is 5.32 Å². The third kappa shape index (κ3) is 2.67. The Hall–Kier alpha value is -1.68. The van der Waals surface area contributed by atoms with Crippen molar-refractivity contribution in [2.45, 2.75) is 6.54 Å². The first-order chi connectivity index (χ1) is 7.75. The van der Waals surface area contributed by atoms with E-state index in [4.69, 9.17) is 11.6 Å². The first kappa shape index (κ1) is 10.8. The SMILES string of the molecule is Fc1ccc(Cl)c(NCc2ccncn2)c1. The molecule has 3 nitrogen and oxygen atoms in total. The molecule has 0 bridgehead atoms. The molecule has 0 amide bonds. The maximum atomic E-state index is 12.9. The lowest BCUT2D eigenvalue weighted by Gasteiger charge is -2.07. The molecule has 2 rings (SSSR count). The molecule has 0 aliphatic carbocycles. The van der Waals surface area contributed by atoms with Gasteiger partial charge in [0.2, 0.25) is 0 Å². The molecular weight excluding hydrogens is 229 g/mol. The summed E-state index contributed by atoms with van der Waals surface area (Å²) < 4.78 is 12.9. The van der Waals surface area contributed by atoms with Gasteiger partial charge in [-0.05, 0) is 24.3 Å². The van der Waals surface area contributed by atoms with E-state index in [0.29, 0.717) is 17.3 Å². The zero-order valence-corrected chi connectivity index (χ0v) is 9.08. The molecule has 1 aromatic heterocycles. The third-order valence-corrected chi connectivity index (χ3v) is 2.36. The highest BCUT2D eigenvalue weighted by Gasteiger charge is 2.01. The Morgan fingerprint density at radius 1 is 1.31 bits per heavy atom. The van der Waals surface area contributed by atoms with E-state index in [1.807, 2.05) is 0 Å². The van der Waals surface area contributed by atoms with E-state index >= 15 is 0 Å². The summed E-state index contributed by atoms with van der Waals surface area (Å²) in [5.41, 5.74) is 1.37. The Balaban J connectivity index is 2.08.